The van der Waals surface area contributed by atoms with Gasteiger partial charge in [0.2, 0.25) is 11.8 Å². The Hall–Kier alpha value is -3.13. The van der Waals surface area contributed by atoms with Gasteiger partial charge >= 0.3 is 0 Å². The zero-order valence-electron chi connectivity index (χ0n) is 20.8. The van der Waals surface area contributed by atoms with Crippen molar-refractivity contribution in [2.45, 2.75) is 70.0 Å². The van der Waals surface area contributed by atoms with E-state index in [-0.39, 0.29) is 23.0 Å². The Kier molecular flexibility index (Phi) is 7.60. The Morgan fingerprint density at radius 3 is 2.11 bits per heavy atom. The third-order valence-corrected chi connectivity index (χ3v) is 7.13. The number of aromatic nitrogens is 3. The van der Waals surface area contributed by atoms with Gasteiger partial charge in [0.05, 0.1) is 5.75 Å². The minimum atomic E-state index is -0.130. The largest absolute Gasteiger partial charge is 0.326 e. The average Bonchev–Trinajstić information content (AvgIpc) is 3.48. The molecule has 0 atom stereocenters. The number of rotatable bonds is 7. The molecule has 8 heteroatoms. The van der Waals surface area contributed by atoms with E-state index in [2.05, 4.69) is 70.4 Å². The minimum Gasteiger partial charge on any atom is -0.326 e. The molecule has 1 heterocycles. The summed E-state index contributed by atoms with van der Waals surface area (Å²) in [6.07, 6.45) is 4.60. The van der Waals surface area contributed by atoms with Crippen LogP contribution in [0.25, 0.3) is 11.4 Å². The van der Waals surface area contributed by atoms with Crippen LogP contribution in [0.15, 0.2) is 53.7 Å². The van der Waals surface area contributed by atoms with Crippen molar-refractivity contribution in [2.75, 3.05) is 16.4 Å². The van der Waals surface area contributed by atoms with Crippen molar-refractivity contribution < 1.29 is 9.59 Å². The quantitative estimate of drug-likeness (QED) is 0.393. The lowest BCUT2D eigenvalue weighted by Gasteiger charge is -2.20. The van der Waals surface area contributed by atoms with Crippen LogP contribution in [-0.2, 0) is 15.0 Å². The van der Waals surface area contributed by atoms with Crippen molar-refractivity contribution in [3.8, 4) is 11.4 Å². The highest BCUT2D eigenvalue weighted by Gasteiger charge is 2.25. The summed E-state index contributed by atoms with van der Waals surface area (Å²) in [5, 5.41) is 15.4. The van der Waals surface area contributed by atoms with E-state index < -0.39 is 0 Å². The molecule has 184 valence electrons. The number of nitrogens with zero attached hydrogens (tertiary/aromatic N) is 3. The third kappa shape index (κ3) is 6.31. The molecule has 1 aromatic heterocycles. The lowest BCUT2D eigenvalue weighted by atomic mass is 9.86. The molecular formula is C27H33N5O2S. The van der Waals surface area contributed by atoms with Crippen LogP contribution in [0.4, 0.5) is 11.4 Å². The molecule has 1 aliphatic rings. The SMILES string of the molecule is CC(=O)Nc1ccc(NC(=O)CSc2nnc(-c3ccc(C(C)(C)C)cc3)n2C2CCCC2)cc1. The Morgan fingerprint density at radius 1 is 0.943 bits per heavy atom. The lowest BCUT2D eigenvalue weighted by Crippen LogP contribution is -2.15. The van der Waals surface area contributed by atoms with E-state index in [4.69, 9.17) is 0 Å². The van der Waals surface area contributed by atoms with Crippen molar-refractivity contribution in [1.82, 2.24) is 14.8 Å². The molecule has 0 radical (unpaired) electrons. The Balaban J connectivity index is 1.47. The summed E-state index contributed by atoms with van der Waals surface area (Å²) in [7, 11) is 0. The summed E-state index contributed by atoms with van der Waals surface area (Å²) < 4.78 is 2.24. The van der Waals surface area contributed by atoms with Crippen LogP contribution in [0, 0.1) is 0 Å². The highest BCUT2D eigenvalue weighted by atomic mass is 32.2. The van der Waals surface area contributed by atoms with E-state index in [9.17, 15) is 9.59 Å². The molecule has 2 amide bonds. The normalized spacial score (nSPS) is 14.2. The molecule has 2 aromatic carbocycles. The van der Waals surface area contributed by atoms with Gasteiger partial charge in [-0.15, -0.1) is 10.2 Å². The fourth-order valence-corrected chi connectivity index (χ4v) is 5.16. The molecule has 0 aliphatic heterocycles. The van der Waals surface area contributed by atoms with Gasteiger partial charge in [-0.1, -0.05) is 69.6 Å². The maximum atomic E-state index is 12.6. The van der Waals surface area contributed by atoms with Gasteiger partial charge in [-0.05, 0) is 48.1 Å². The van der Waals surface area contributed by atoms with Crippen LogP contribution in [0.3, 0.4) is 0 Å². The van der Waals surface area contributed by atoms with Gasteiger partial charge < -0.3 is 10.6 Å². The topological polar surface area (TPSA) is 88.9 Å². The molecule has 1 saturated carbocycles. The van der Waals surface area contributed by atoms with E-state index in [1.807, 2.05) is 0 Å². The van der Waals surface area contributed by atoms with E-state index in [1.165, 1.54) is 37.1 Å². The summed E-state index contributed by atoms with van der Waals surface area (Å²) >= 11 is 1.42. The van der Waals surface area contributed by atoms with Crippen molar-refractivity contribution in [3.05, 3.63) is 54.1 Å². The zero-order chi connectivity index (χ0) is 25.0. The number of carbonyl (C=O) groups excluding carboxylic acids is 2. The highest BCUT2D eigenvalue weighted by Crippen LogP contribution is 2.37. The molecule has 0 bridgehead atoms. The van der Waals surface area contributed by atoms with Gasteiger partial charge in [0.25, 0.3) is 0 Å². The van der Waals surface area contributed by atoms with Crippen LogP contribution in [0.5, 0.6) is 0 Å². The number of thioether (sulfide) groups is 1. The van der Waals surface area contributed by atoms with Gasteiger partial charge in [-0.3, -0.25) is 14.2 Å². The van der Waals surface area contributed by atoms with Gasteiger partial charge in [-0.2, -0.15) is 0 Å². The van der Waals surface area contributed by atoms with Crippen molar-refractivity contribution >= 4 is 35.0 Å². The van der Waals surface area contributed by atoms with Crippen LogP contribution in [0.2, 0.25) is 0 Å². The molecular weight excluding hydrogens is 458 g/mol. The van der Waals surface area contributed by atoms with Crippen molar-refractivity contribution in [3.63, 3.8) is 0 Å². The first-order valence-corrected chi connectivity index (χ1v) is 13.1. The molecule has 35 heavy (non-hydrogen) atoms. The number of amides is 2. The first-order chi connectivity index (χ1) is 16.7. The van der Waals surface area contributed by atoms with E-state index >= 15 is 0 Å². The monoisotopic (exact) mass is 491 g/mol. The number of hydrogen-bond donors (Lipinski definition) is 2. The van der Waals surface area contributed by atoms with E-state index in [1.54, 1.807) is 24.3 Å². The first-order valence-electron chi connectivity index (χ1n) is 12.1. The maximum Gasteiger partial charge on any atom is 0.234 e. The Morgan fingerprint density at radius 2 is 1.54 bits per heavy atom. The summed E-state index contributed by atoms with van der Waals surface area (Å²) in [6, 6.07) is 16.0. The number of benzene rings is 2. The summed E-state index contributed by atoms with van der Waals surface area (Å²) in [5.41, 5.74) is 3.80. The van der Waals surface area contributed by atoms with Gasteiger partial charge in [-0.25, -0.2) is 0 Å². The third-order valence-electron chi connectivity index (χ3n) is 6.18. The molecule has 7 nitrogen and oxygen atoms in total. The van der Waals surface area contributed by atoms with Crippen molar-refractivity contribution in [1.29, 1.82) is 0 Å². The van der Waals surface area contributed by atoms with Gasteiger partial charge in [0, 0.05) is 29.9 Å². The Labute approximate surface area is 211 Å². The van der Waals surface area contributed by atoms with Crippen LogP contribution in [0.1, 0.15) is 65.0 Å². The molecule has 0 spiro atoms. The standard InChI is InChI=1S/C27H33N5O2S/c1-18(33)28-21-13-15-22(16-14-21)29-24(34)17-35-26-31-30-25(32(26)23-7-5-6-8-23)19-9-11-20(12-10-19)27(2,3)4/h9-16,23H,5-8,17H2,1-4H3,(H,28,33)(H,29,34). The maximum absolute atomic E-state index is 12.6. The summed E-state index contributed by atoms with van der Waals surface area (Å²) in [4.78, 5) is 23.8. The van der Waals surface area contributed by atoms with E-state index in [0.717, 1.165) is 29.4 Å². The number of hydrogen-bond acceptors (Lipinski definition) is 5. The number of anilines is 2. The Bertz CT molecular complexity index is 1170. The second-order valence-corrected chi connectivity index (χ2v) is 11.0. The lowest BCUT2D eigenvalue weighted by molar-refractivity contribution is -0.114. The number of nitrogens with one attached hydrogen (secondary N) is 2. The average molecular weight is 492 g/mol. The van der Waals surface area contributed by atoms with Crippen LogP contribution < -0.4 is 10.6 Å². The molecule has 0 unspecified atom stereocenters. The predicted molar refractivity (Wildman–Crippen MR) is 142 cm³/mol. The van der Waals surface area contributed by atoms with Gasteiger partial charge in [0.1, 0.15) is 0 Å². The molecule has 1 fully saturated rings. The first kappa shape index (κ1) is 25.0. The summed E-state index contributed by atoms with van der Waals surface area (Å²) in [6.45, 7) is 8.09. The predicted octanol–water partition coefficient (Wildman–Crippen LogP) is 6.05. The second kappa shape index (κ2) is 10.6. The zero-order valence-corrected chi connectivity index (χ0v) is 21.6. The molecule has 0 saturated heterocycles. The van der Waals surface area contributed by atoms with Crippen LogP contribution in [-0.4, -0.2) is 32.3 Å². The molecule has 1 aliphatic carbocycles. The number of carbonyl (C=O) groups is 2. The fraction of sp³-hybridized carbons (Fsp3) is 0.407. The van der Waals surface area contributed by atoms with Gasteiger partial charge in [0.15, 0.2) is 11.0 Å². The van der Waals surface area contributed by atoms with E-state index in [0.29, 0.717) is 17.4 Å². The second-order valence-electron chi connectivity index (χ2n) is 10.0. The van der Waals surface area contributed by atoms with Crippen molar-refractivity contribution in [2.24, 2.45) is 0 Å². The van der Waals surface area contributed by atoms with Crippen LogP contribution >= 0.6 is 11.8 Å². The summed E-state index contributed by atoms with van der Waals surface area (Å²) in [5.74, 6) is 0.864. The molecule has 4 rings (SSSR count). The smallest absolute Gasteiger partial charge is 0.234 e. The molecule has 3 aromatic rings. The fourth-order valence-electron chi connectivity index (χ4n) is 4.35. The minimum absolute atomic E-state index is 0.0935. The molecule has 2 N–H and O–H groups in total. The highest BCUT2D eigenvalue weighted by molar-refractivity contribution is 7.99.